The Balaban J connectivity index is 1.39. The monoisotopic (exact) mass is 414 g/mol. The number of hydrogen-bond donors (Lipinski definition) is 1. The molecule has 0 aliphatic rings. The molecule has 3 aromatic carbocycles. The van der Waals surface area contributed by atoms with E-state index in [-0.39, 0.29) is 24.0 Å². The zero-order valence-corrected chi connectivity index (χ0v) is 17.6. The van der Waals surface area contributed by atoms with Crippen molar-refractivity contribution in [1.82, 2.24) is 9.88 Å². The average Bonchev–Trinajstić information content (AvgIpc) is 2.82. The number of carbonyl (C=O) groups is 1. The summed E-state index contributed by atoms with van der Waals surface area (Å²) in [5.74, 6) is -0.0879. The smallest absolute Gasteiger partial charge is 0.239 e. The van der Waals surface area contributed by atoms with E-state index in [2.05, 4.69) is 5.32 Å². The van der Waals surface area contributed by atoms with Crippen LogP contribution in [0.2, 0.25) is 0 Å². The van der Waals surface area contributed by atoms with Gasteiger partial charge in [0, 0.05) is 23.9 Å². The Bertz CT molecular complexity index is 1190. The first kappa shape index (κ1) is 20.8. The molecule has 0 saturated heterocycles. The number of amides is 1. The number of benzene rings is 3. The second kappa shape index (κ2) is 9.58. The van der Waals surface area contributed by atoms with Gasteiger partial charge in [0.2, 0.25) is 5.91 Å². The van der Waals surface area contributed by atoms with Gasteiger partial charge in [-0.3, -0.25) is 9.59 Å². The largest absolute Gasteiger partial charge is 0.374 e. The van der Waals surface area contributed by atoms with E-state index in [1.165, 1.54) is 0 Å². The van der Waals surface area contributed by atoms with E-state index in [1.807, 2.05) is 90.4 Å². The predicted octanol–water partition coefficient (Wildman–Crippen LogP) is 4.44. The standard InChI is InChI=1S/C26H26N2O3/c1-19(20-10-3-2-4-11-20)31-17-9-16-27-25(29)18-28-23-14-7-5-12-21(23)26(30)22-13-6-8-15-24(22)28/h2-8,10-15,19H,9,16-18H2,1H3,(H,27,29). The number of para-hydroxylation sites is 2. The van der Waals surface area contributed by atoms with E-state index in [0.29, 0.717) is 23.9 Å². The van der Waals surface area contributed by atoms with Crippen molar-refractivity contribution in [2.75, 3.05) is 13.2 Å². The Morgan fingerprint density at radius 3 is 2.13 bits per heavy atom. The highest BCUT2D eigenvalue weighted by Gasteiger charge is 2.12. The molecule has 1 N–H and O–H groups in total. The van der Waals surface area contributed by atoms with Gasteiger partial charge in [-0.05, 0) is 43.2 Å². The molecule has 4 rings (SSSR count). The fourth-order valence-electron chi connectivity index (χ4n) is 3.83. The molecule has 0 bridgehead atoms. The second-order valence-electron chi connectivity index (χ2n) is 7.58. The van der Waals surface area contributed by atoms with Crippen molar-refractivity contribution >= 4 is 27.7 Å². The summed E-state index contributed by atoms with van der Waals surface area (Å²) < 4.78 is 7.78. The lowest BCUT2D eigenvalue weighted by molar-refractivity contribution is -0.121. The van der Waals surface area contributed by atoms with Gasteiger partial charge < -0.3 is 14.6 Å². The summed E-state index contributed by atoms with van der Waals surface area (Å²) in [6, 6.07) is 24.9. The van der Waals surface area contributed by atoms with Crippen LogP contribution in [-0.2, 0) is 16.1 Å². The lowest BCUT2D eigenvalue weighted by Gasteiger charge is -2.16. The van der Waals surface area contributed by atoms with Gasteiger partial charge >= 0.3 is 0 Å². The summed E-state index contributed by atoms with van der Waals surface area (Å²) in [5.41, 5.74) is 2.67. The normalized spacial score (nSPS) is 12.2. The Hall–Kier alpha value is -3.44. The zero-order chi connectivity index (χ0) is 21.6. The van der Waals surface area contributed by atoms with Crippen molar-refractivity contribution in [2.45, 2.75) is 26.0 Å². The maximum absolute atomic E-state index is 12.8. The van der Waals surface area contributed by atoms with Crippen LogP contribution in [0, 0.1) is 0 Å². The van der Waals surface area contributed by atoms with Crippen LogP contribution < -0.4 is 10.7 Å². The lowest BCUT2D eigenvalue weighted by Crippen LogP contribution is -2.30. The Morgan fingerprint density at radius 1 is 0.903 bits per heavy atom. The van der Waals surface area contributed by atoms with E-state index < -0.39 is 0 Å². The molecule has 0 spiro atoms. The predicted molar refractivity (Wildman–Crippen MR) is 124 cm³/mol. The molecule has 1 atom stereocenters. The topological polar surface area (TPSA) is 60.3 Å². The molecule has 0 aliphatic carbocycles. The molecular formula is C26H26N2O3. The summed E-state index contributed by atoms with van der Waals surface area (Å²) in [6.07, 6.45) is 0.755. The number of pyridine rings is 1. The van der Waals surface area contributed by atoms with Crippen LogP contribution in [0.25, 0.3) is 21.8 Å². The van der Waals surface area contributed by atoms with Crippen molar-refractivity contribution < 1.29 is 9.53 Å². The van der Waals surface area contributed by atoms with Gasteiger partial charge in [0.1, 0.15) is 6.54 Å². The van der Waals surface area contributed by atoms with E-state index in [4.69, 9.17) is 4.74 Å². The highest BCUT2D eigenvalue weighted by molar-refractivity contribution is 5.94. The molecule has 158 valence electrons. The maximum Gasteiger partial charge on any atom is 0.239 e. The molecule has 0 aliphatic heterocycles. The highest BCUT2D eigenvalue weighted by Crippen LogP contribution is 2.19. The van der Waals surface area contributed by atoms with Gasteiger partial charge in [0.25, 0.3) is 0 Å². The summed E-state index contributed by atoms with van der Waals surface area (Å²) in [5, 5.41) is 4.22. The second-order valence-corrected chi connectivity index (χ2v) is 7.58. The van der Waals surface area contributed by atoms with Crippen molar-refractivity contribution in [2.24, 2.45) is 0 Å². The number of nitrogens with zero attached hydrogens (tertiary/aromatic N) is 1. The fourth-order valence-corrected chi connectivity index (χ4v) is 3.83. The summed E-state index contributed by atoms with van der Waals surface area (Å²) in [7, 11) is 0. The molecule has 1 heterocycles. The van der Waals surface area contributed by atoms with Crippen molar-refractivity contribution in [1.29, 1.82) is 0 Å². The van der Waals surface area contributed by atoms with Crippen LogP contribution in [0.3, 0.4) is 0 Å². The molecule has 5 heteroatoms. The summed E-state index contributed by atoms with van der Waals surface area (Å²) in [6.45, 7) is 3.29. The Morgan fingerprint density at radius 2 is 1.48 bits per heavy atom. The molecule has 0 fully saturated rings. The number of fused-ring (bicyclic) bond motifs is 2. The molecule has 1 unspecified atom stereocenters. The molecule has 31 heavy (non-hydrogen) atoms. The maximum atomic E-state index is 12.8. The fraction of sp³-hybridized carbons (Fsp3) is 0.231. The average molecular weight is 415 g/mol. The van der Waals surface area contributed by atoms with Gasteiger partial charge in [-0.1, -0.05) is 54.6 Å². The third-order valence-electron chi connectivity index (χ3n) is 5.46. The van der Waals surface area contributed by atoms with Crippen LogP contribution in [0.4, 0.5) is 0 Å². The molecule has 1 amide bonds. The van der Waals surface area contributed by atoms with Gasteiger partial charge in [0.05, 0.1) is 17.1 Å². The van der Waals surface area contributed by atoms with E-state index in [1.54, 1.807) is 0 Å². The minimum atomic E-state index is -0.0879. The quantitative estimate of drug-likeness (QED) is 0.343. The summed E-state index contributed by atoms with van der Waals surface area (Å²) >= 11 is 0. The third kappa shape index (κ3) is 4.67. The van der Waals surface area contributed by atoms with Crippen LogP contribution in [0.5, 0.6) is 0 Å². The van der Waals surface area contributed by atoms with Crippen LogP contribution in [0.15, 0.2) is 83.7 Å². The number of aromatic nitrogens is 1. The third-order valence-corrected chi connectivity index (χ3v) is 5.46. The first-order valence-electron chi connectivity index (χ1n) is 10.6. The highest BCUT2D eigenvalue weighted by atomic mass is 16.5. The van der Waals surface area contributed by atoms with Crippen molar-refractivity contribution in [3.8, 4) is 0 Å². The number of rotatable bonds is 8. The zero-order valence-electron chi connectivity index (χ0n) is 17.6. The number of hydrogen-bond acceptors (Lipinski definition) is 3. The minimum Gasteiger partial charge on any atom is -0.374 e. The van der Waals surface area contributed by atoms with Crippen LogP contribution in [-0.4, -0.2) is 23.6 Å². The Kier molecular flexibility index (Phi) is 6.43. The van der Waals surface area contributed by atoms with Crippen LogP contribution >= 0.6 is 0 Å². The Labute approximate surface area is 181 Å². The lowest BCUT2D eigenvalue weighted by atomic mass is 10.1. The first-order chi connectivity index (χ1) is 15.1. The van der Waals surface area contributed by atoms with E-state index in [9.17, 15) is 9.59 Å². The van der Waals surface area contributed by atoms with Gasteiger partial charge in [-0.15, -0.1) is 0 Å². The number of ether oxygens (including phenoxy) is 1. The molecular weight excluding hydrogens is 388 g/mol. The van der Waals surface area contributed by atoms with Gasteiger partial charge in [0.15, 0.2) is 5.43 Å². The molecule has 1 aromatic heterocycles. The van der Waals surface area contributed by atoms with Gasteiger partial charge in [-0.25, -0.2) is 0 Å². The number of nitrogens with one attached hydrogen (secondary N) is 1. The molecule has 0 saturated carbocycles. The van der Waals surface area contributed by atoms with Crippen molar-refractivity contribution in [3.63, 3.8) is 0 Å². The van der Waals surface area contributed by atoms with E-state index in [0.717, 1.165) is 23.0 Å². The number of carbonyl (C=O) groups excluding carboxylic acids is 1. The minimum absolute atomic E-state index is 0.00690. The molecule has 0 radical (unpaired) electrons. The molecule has 4 aromatic rings. The first-order valence-corrected chi connectivity index (χ1v) is 10.6. The molecule has 5 nitrogen and oxygen atoms in total. The summed E-state index contributed by atoms with van der Waals surface area (Å²) in [4.78, 5) is 25.5. The van der Waals surface area contributed by atoms with Gasteiger partial charge in [-0.2, -0.15) is 0 Å². The van der Waals surface area contributed by atoms with E-state index >= 15 is 0 Å². The van der Waals surface area contributed by atoms with Crippen molar-refractivity contribution in [3.05, 3.63) is 94.6 Å². The SMILES string of the molecule is CC(OCCCNC(=O)Cn1c2ccccc2c(=O)c2ccccc21)c1ccccc1. The van der Waals surface area contributed by atoms with Crippen LogP contribution in [0.1, 0.15) is 25.0 Å².